The third-order valence-corrected chi connectivity index (χ3v) is 3.72. The first-order chi connectivity index (χ1) is 5.86. The van der Waals surface area contributed by atoms with Gasteiger partial charge in [-0.1, -0.05) is 0 Å². The van der Waals surface area contributed by atoms with E-state index < -0.39 is 0 Å². The molecule has 2 unspecified atom stereocenters. The lowest BCUT2D eigenvalue weighted by Crippen LogP contribution is -2.18. The maximum absolute atomic E-state index is 11.3. The highest BCUT2D eigenvalue weighted by Gasteiger charge is 2.29. The van der Waals surface area contributed by atoms with E-state index in [0.29, 0.717) is 17.8 Å². The molecule has 2 atom stereocenters. The summed E-state index contributed by atoms with van der Waals surface area (Å²) in [6, 6.07) is 0. The first-order valence-corrected chi connectivity index (χ1v) is 5.74. The molecular formula is C9H14O2S. The lowest BCUT2D eigenvalue weighted by Gasteiger charge is -2.12. The normalized spacial score (nSPS) is 36.2. The number of hydrogen-bond donors (Lipinski definition) is 0. The fraction of sp³-hybridized carbons (Fsp3) is 0.889. The molecule has 0 amide bonds. The van der Waals surface area contributed by atoms with E-state index in [1.807, 2.05) is 0 Å². The standard InChI is InChI=1S/C9H14O2S/c10-9-6-12-5-7(9)4-8-2-1-3-11-8/h7-8H,1-6H2. The Morgan fingerprint density at radius 3 is 3.08 bits per heavy atom. The topological polar surface area (TPSA) is 26.3 Å². The molecule has 2 rings (SSSR count). The molecule has 0 spiro atoms. The van der Waals surface area contributed by atoms with Crippen LogP contribution < -0.4 is 0 Å². The Balaban J connectivity index is 1.81. The van der Waals surface area contributed by atoms with Crippen LogP contribution in [0, 0.1) is 5.92 Å². The van der Waals surface area contributed by atoms with Crippen molar-refractivity contribution in [2.24, 2.45) is 5.92 Å². The predicted molar refractivity (Wildman–Crippen MR) is 49.4 cm³/mol. The summed E-state index contributed by atoms with van der Waals surface area (Å²) in [6.45, 7) is 0.902. The second-order valence-corrected chi connectivity index (χ2v) is 4.58. The van der Waals surface area contributed by atoms with Crippen LogP contribution in [0.2, 0.25) is 0 Å². The minimum Gasteiger partial charge on any atom is -0.378 e. The van der Waals surface area contributed by atoms with E-state index in [4.69, 9.17) is 4.74 Å². The Morgan fingerprint density at radius 2 is 2.50 bits per heavy atom. The Morgan fingerprint density at radius 1 is 1.58 bits per heavy atom. The van der Waals surface area contributed by atoms with Crippen molar-refractivity contribution in [2.75, 3.05) is 18.1 Å². The summed E-state index contributed by atoms with van der Waals surface area (Å²) in [7, 11) is 0. The third kappa shape index (κ3) is 1.83. The molecule has 12 heavy (non-hydrogen) atoms. The van der Waals surface area contributed by atoms with Gasteiger partial charge < -0.3 is 4.74 Å². The monoisotopic (exact) mass is 186 g/mol. The first-order valence-electron chi connectivity index (χ1n) is 4.58. The number of hydrogen-bond acceptors (Lipinski definition) is 3. The number of Topliss-reactive ketones (excluding diaryl/α,β-unsaturated/α-hetero) is 1. The van der Waals surface area contributed by atoms with Crippen molar-refractivity contribution in [1.29, 1.82) is 0 Å². The zero-order valence-corrected chi connectivity index (χ0v) is 7.94. The van der Waals surface area contributed by atoms with Crippen molar-refractivity contribution in [3.8, 4) is 0 Å². The third-order valence-electron chi connectivity index (χ3n) is 2.59. The van der Waals surface area contributed by atoms with E-state index in [2.05, 4.69) is 0 Å². The molecule has 2 fully saturated rings. The van der Waals surface area contributed by atoms with Gasteiger partial charge in [0.15, 0.2) is 0 Å². The number of ketones is 1. The lowest BCUT2D eigenvalue weighted by molar-refractivity contribution is -0.120. The number of rotatable bonds is 2. The van der Waals surface area contributed by atoms with E-state index in [1.54, 1.807) is 11.8 Å². The highest BCUT2D eigenvalue weighted by molar-refractivity contribution is 8.00. The van der Waals surface area contributed by atoms with Crippen molar-refractivity contribution in [3.05, 3.63) is 0 Å². The van der Waals surface area contributed by atoms with Gasteiger partial charge in [-0.15, -0.1) is 0 Å². The second kappa shape index (κ2) is 3.79. The highest BCUT2D eigenvalue weighted by Crippen LogP contribution is 2.28. The maximum atomic E-state index is 11.3. The van der Waals surface area contributed by atoms with Crippen molar-refractivity contribution in [2.45, 2.75) is 25.4 Å². The molecule has 0 N–H and O–H groups in total. The van der Waals surface area contributed by atoms with E-state index in [9.17, 15) is 4.79 Å². The predicted octanol–water partition coefficient (Wildman–Crippen LogP) is 1.49. The molecular weight excluding hydrogens is 172 g/mol. The molecule has 68 valence electrons. The summed E-state index contributed by atoms with van der Waals surface area (Å²) in [5.41, 5.74) is 0. The molecule has 0 radical (unpaired) electrons. The van der Waals surface area contributed by atoms with Crippen molar-refractivity contribution < 1.29 is 9.53 Å². The highest BCUT2D eigenvalue weighted by atomic mass is 32.2. The maximum Gasteiger partial charge on any atom is 0.146 e. The van der Waals surface area contributed by atoms with Crippen LogP contribution in [0.25, 0.3) is 0 Å². The molecule has 2 heterocycles. The smallest absolute Gasteiger partial charge is 0.146 e. The van der Waals surface area contributed by atoms with Gasteiger partial charge in [0.25, 0.3) is 0 Å². The summed E-state index contributed by atoms with van der Waals surface area (Å²) < 4.78 is 5.50. The Labute approximate surface area is 77.0 Å². The van der Waals surface area contributed by atoms with E-state index >= 15 is 0 Å². The molecule has 2 aliphatic heterocycles. The fourth-order valence-electron chi connectivity index (χ4n) is 1.86. The van der Waals surface area contributed by atoms with Gasteiger partial charge in [0.2, 0.25) is 0 Å². The van der Waals surface area contributed by atoms with Crippen LogP contribution in [0.4, 0.5) is 0 Å². The van der Waals surface area contributed by atoms with Crippen LogP contribution in [0.3, 0.4) is 0 Å². The van der Waals surface area contributed by atoms with Crippen LogP contribution in [0.1, 0.15) is 19.3 Å². The first kappa shape index (κ1) is 8.57. The van der Waals surface area contributed by atoms with Gasteiger partial charge in [-0.05, 0) is 19.3 Å². The number of carbonyl (C=O) groups excluding carboxylic acids is 1. The zero-order chi connectivity index (χ0) is 8.39. The van der Waals surface area contributed by atoms with E-state index in [1.165, 1.54) is 6.42 Å². The minimum absolute atomic E-state index is 0.304. The molecule has 0 aromatic rings. The second-order valence-electron chi connectivity index (χ2n) is 3.55. The molecule has 0 aromatic heterocycles. The average molecular weight is 186 g/mol. The lowest BCUT2D eigenvalue weighted by atomic mass is 9.99. The quantitative estimate of drug-likeness (QED) is 0.653. The van der Waals surface area contributed by atoms with Crippen molar-refractivity contribution >= 4 is 17.5 Å². The summed E-state index contributed by atoms with van der Waals surface area (Å²) in [5, 5.41) is 0. The Kier molecular flexibility index (Phi) is 2.71. The number of carbonyl (C=O) groups is 1. The van der Waals surface area contributed by atoms with Crippen LogP contribution in [0.5, 0.6) is 0 Å². The molecule has 2 aliphatic rings. The summed E-state index contributed by atoms with van der Waals surface area (Å²) in [4.78, 5) is 11.3. The van der Waals surface area contributed by atoms with Gasteiger partial charge in [0, 0.05) is 18.3 Å². The van der Waals surface area contributed by atoms with E-state index in [0.717, 1.165) is 31.0 Å². The summed E-state index contributed by atoms with van der Waals surface area (Å²) >= 11 is 1.77. The average Bonchev–Trinajstić information content (AvgIpc) is 2.65. The summed E-state index contributed by atoms with van der Waals surface area (Å²) in [5.74, 6) is 2.50. The van der Waals surface area contributed by atoms with Gasteiger partial charge in [0.05, 0.1) is 11.9 Å². The number of thioether (sulfide) groups is 1. The largest absolute Gasteiger partial charge is 0.378 e. The number of ether oxygens (including phenoxy) is 1. The van der Waals surface area contributed by atoms with Crippen LogP contribution >= 0.6 is 11.8 Å². The van der Waals surface area contributed by atoms with Crippen molar-refractivity contribution in [3.63, 3.8) is 0 Å². The molecule has 0 aliphatic carbocycles. The Bertz CT molecular complexity index is 175. The van der Waals surface area contributed by atoms with E-state index in [-0.39, 0.29) is 0 Å². The fourth-order valence-corrected chi connectivity index (χ4v) is 3.02. The molecule has 2 saturated heterocycles. The van der Waals surface area contributed by atoms with Gasteiger partial charge in [-0.25, -0.2) is 0 Å². The van der Waals surface area contributed by atoms with Gasteiger partial charge in [0.1, 0.15) is 5.78 Å². The SMILES string of the molecule is O=C1CSCC1CC1CCCO1. The van der Waals surface area contributed by atoms with Crippen LogP contribution in [-0.2, 0) is 9.53 Å². The molecule has 0 aromatic carbocycles. The van der Waals surface area contributed by atoms with Gasteiger partial charge >= 0.3 is 0 Å². The van der Waals surface area contributed by atoms with Crippen LogP contribution in [0.15, 0.2) is 0 Å². The van der Waals surface area contributed by atoms with Gasteiger partial charge in [-0.2, -0.15) is 11.8 Å². The van der Waals surface area contributed by atoms with Gasteiger partial charge in [-0.3, -0.25) is 4.79 Å². The van der Waals surface area contributed by atoms with Crippen LogP contribution in [-0.4, -0.2) is 30.0 Å². The molecule has 0 saturated carbocycles. The molecule has 2 nitrogen and oxygen atoms in total. The zero-order valence-electron chi connectivity index (χ0n) is 7.12. The summed E-state index contributed by atoms with van der Waals surface area (Å²) in [6.07, 6.45) is 3.71. The molecule has 0 bridgehead atoms. The van der Waals surface area contributed by atoms with Crippen molar-refractivity contribution in [1.82, 2.24) is 0 Å². The molecule has 3 heteroatoms. The minimum atomic E-state index is 0.304. The Hall–Kier alpha value is -0.0200.